The van der Waals surface area contributed by atoms with Gasteiger partial charge in [0, 0.05) is 11.8 Å². The van der Waals surface area contributed by atoms with Gasteiger partial charge in [-0.2, -0.15) is 0 Å². The third-order valence-corrected chi connectivity index (χ3v) is 3.90. The molecule has 0 heterocycles. The summed E-state index contributed by atoms with van der Waals surface area (Å²) >= 11 is 10.9. The summed E-state index contributed by atoms with van der Waals surface area (Å²) in [6.07, 6.45) is 0.874. The Kier molecular flexibility index (Phi) is 15.0. The fourth-order valence-corrected chi connectivity index (χ4v) is 2.45. The van der Waals surface area contributed by atoms with E-state index in [9.17, 15) is 9.79 Å². The summed E-state index contributed by atoms with van der Waals surface area (Å²) in [6.45, 7) is 2.47. The average Bonchev–Trinajstić information content (AvgIpc) is 2.37. The molecule has 3 atom stereocenters. The fourth-order valence-electron chi connectivity index (χ4n) is 0.815. The Labute approximate surface area is 126 Å². The predicted octanol–water partition coefficient (Wildman–Crippen LogP) is 3.14. The van der Waals surface area contributed by atoms with Crippen LogP contribution in [0.15, 0.2) is 0 Å². The number of hydrogen-bond acceptors (Lipinski definition) is 6. The highest BCUT2D eigenvalue weighted by molar-refractivity contribution is 7.40. The molecule has 0 aliphatic carbocycles. The summed E-state index contributed by atoms with van der Waals surface area (Å²) in [5.74, 6) is 0.938. The summed E-state index contributed by atoms with van der Waals surface area (Å²) in [5, 5.41) is 0. The van der Waals surface area contributed by atoms with Crippen molar-refractivity contribution in [3.8, 4) is 0 Å². The first-order chi connectivity index (χ1) is 9.10. The topological polar surface area (TPSA) is 77.4 Å². The van der Waals surface area contributed by atoms with E-state index in [0.717, 1.165) is 0 Å². The predicted molar refractivity (Wildman–Crippen MR) is 77.4 cm³/mol. The first-order valence-electron chi connectivity index (χ1n) is 5.75. The van der Waals surface area contributed by atoms with E-state index < -0.39 is 23.3 Å². The van der Waals surface area contributed by atoms with E-state index in [0.29, 0.717) is 37.8 Å². The van der Waals surface area contributed by atoms with E-state index >= 15 is 0 Å². The maximum Gasteiger partial charge on any atom is 0.330 e. The third-order valence-electron chi connectivity index (χ3n) is 1.65. The Morgan fingerprint density at radius 1 is 0.947 bits per heavy atom. The minimum Gasteiger partial charge on any atom is -0.328 e. The van der Waals surface area contributed by atoms with Gasteiger partial charge in [0.2, 0.25) is 0 Å². The van der Waals surface area contributed by atoms with Gasteiger partial charge in [-0.25, -0.2) is 0 Å². The van der Waals surface area contributed by atoms with E-state index in [1.54, 1.807) is 6.92 Å². The number of hydrogen-bond donors (Lipinski definition) is 2. The number of halogens is 2. The molecule has 0 fully saturated rings. The maximum absolute atomic E-state index is 9.40. The van der Waals surface area contributed by atoms with Crippen molar-refractivity contribution in [3.05, 3.63) is 0 Å². The van der Waals surface area contributed by atoms with E-state index in [1.165, 1.54) is 0 Å². The zero-order valence-corrected chi connectivity index (χ0v) is 14.0. The van der Waals surface area contributed by atoms with Crippen LogP contribution in [0.1, 0.15) is 19.8 Å². The normalized spacial score (nSPS) is 16.3. The fraction of sp³-hybridized carbons (Fsp3) is 1.00. The van der Waals surface area contributed by atoms with E-state index in [-0.39, 0.29) is 6.61 Å². The lowest BCUT2D eigenvalue weighted by Crippen LogP contribution is -2.13. The Bertz CT molecular complexity index is 206. The van der Waals surface area contributed by atoms with Crippen molar-refractivity contribution in [2.24, 2.45) is 0 Å². The van der Waals surface area contributed by atoms with Crippen LogP contribution < -0.4 is 0 Å². The van der Waals surface area contributed by atoms with Gasteiger partial charge in [-0.3, -0.25) is 0 Å². The molecule has 0 aromatic heterocycles. The zero-order valence-electron chi connectivity index (χ0n) is 10.7. The second-order valence-corrected chi connectivity index (χ2v) is 6.13. The van der Waals surface area contributed by atoms with Gasteiger partial charge in [-0.1, -0.05) is 0 Å². The Balaban J connectivity index is 3.53. The zero-order chi connectivity index (χ0) is 14.5. The molecule has 2 N–H and O–H groups in total. The van der Waals surface area contributed by atoms with E-state index in [1.807, 2.05) is 0 Å². The summed E-state index contributed by atoms with van der Waals surface area (Å²) in [4.78, 5) is 18.8. The van der Waals surface area contributed by atoms with Crippen molar-refractivity contribution in [3.63, 3.8) is 0 Å². The molecule has 0 amide bonds. The summed E-state index contributed by atoms with van der Waals surface area (Å²) in [6, 6.07) is 0. The molecular formula is C9H20Cl2O6P2. The lowest BCUT2D eigenvalue weighted by atomic mass is 10.5. The lowest BCUT2D eigenvalue weighted by Gasteiger charge is -2.17. The molecule has 19 heavy (non-hydrogen) atoms. The van der Waals surface area contributed by atoms with Gasteiger partial charge in [0.15, 0.2) is 0 Å². The second-order valence-electron chi connectivity index (χ2n) is 3.44. The van der Waals surface area contributed by atoms with Crippen LogP contribution in [0.3, 0.4) is 0 Å². The molecular weight excluding hydrogens is 337 g/mol. The van der Waals surface area contributed by atoms with Crippen LogP contribution in [0.5, 0.6) is 0 Å². The number of rotatable bonds is 13. The molecule has 0 bridgehead atoms. The SMILES string of the molecule is CC(COP(O)OCCCCl)OP(O)OCCCCl. The smallest absolute Gasteiger partial charge is 0.328 e. The minimum atomic E-state index is -1.95. The van der Waals surface area contributed by atoms with Crippen LogP contribution in [0.2, 0.25) is 0 Å². The van der Waals surface area contributed by atoms with Crippen LogP contribution >= 0.6 is 40.4 Å². The van der Waals surface area contributed by atoms with Crippen molar-refractivity contribution in [2.75, 3.05) is 31.6 Å². The van der Waals surface area contributed by atoms with Crippen molar-refractivity contribution in [2.45, 2.75) is 25.9 Å². The van der Waals surface area contributed by atoms with Crippen molar-refractivity contribution in [1.29, 1.82) is 0 Å². The molecule has 0 rings (SSSR count). The molecule has 116 valence electrons. The largest absolute Gasteiger partial charge is 0.330 e. The first-order valence-corrected chi connectivity index (χ1v) is 9.08. The van der Waals surface area contributed by atoms with Crippen LogP contribution in [-0.4, -0.2) is 47.5 Å². The van der Waals surface area contributed by atoms with Gasteiger partial charge in [0.1, 0.15) is 0 Å². The van der Waals surface area contributed by atoms with Gasteiger partial charge in [0.05, 0.1) is 25.9 Å². The first kappa shape index (κ1) is 20.2. The Morgan fingerprint density at radius 2 is 1.47 bits per heavy atom. The van der Waals surface area contributed by atoms with Crippen molar-refractivity contribution >= 4 is 40.4 Å². The quantitative estimate of drug-likeness (QED) is 0.300. The standard InChI is InChI=1S/C9H20Cl2O6P2/c1-9(17-19(13)15-7-3-5-11)8-16-18(12)14-6-2-4-10/h9,12-13H,2-8H2,1H3. The monoisotopic (exact) mass is 356 g/mol. The molecule has 0 saturated heterocycles. The van der Waals surface area contributed by atoms with Gasteiger partial charge in [0.25, 0.3) is 0 Å². The van der Waals surface area contributed by atoms with Crippen LogP contribution in [0, 0.1) is 0 Å². The van der Waals surface area contributed by atoms with Crippen molar-refractivity contribution < 1.29 is 27.9 Å². The molecule has 0 spiro atoms. The summed E-state index contributed by atoms with van der Waals surface area (Å²) in [7, 11) is -3.88. The van der Waals surface area contributed by atoms with Gasteiger partial charge >= 0.3 is 17.2 Å². The highest BCUT2D eigenvalue weighted by Crippen LogP contribution is 2.37. The third kappa shape index (κ3) is 13.9. The van der Waals surface area contributed by atoms with Crippen LogP contribution in [0.4, 0.5) is 0 Å². The van der Waals surface area contributed by atoms with Gasteiger partial charge in [-0.05, 0) is 19.8 Å². The molecule has 3 unspecified atom stereocenters. The van der Waals surface area contributed by atoms with Crippen molar-refractivity contribution in [1.82, 2.24) is 0 Å². The second kappa shape index (κ2) is 14.2. The highest BCUT2D eigenvalue weighted by Gasteiger charge is 2.15. The molecule has 0 aromatic rings. The number of alkyl halides is 2. The lowest BCUT2D eigenvalue weighted by molar-refractivity contribution is 0.0968. The Hall–Kier alpha value is 1.20. The molecule has 0 aliphatic heterocycles. The minimum absolute atomic E-state index is 0.0985. The van der Waals surface area contributed by atoms with E-state index in [4.69, 9.17) is 41.3 Å². The maximum atomic E-state index is 9.40. The van der Waals surface area contributed by atoms with Gasteiger partial charge in [-0.15, -0.1) is 23.2 Å². The summed E-state index contributed by atoms with van der Waals surface area (Å²) < 4.78 is 20.1. The van der Waals surface area contributed by atoms with Crippen LogP contribution in [-0.2, 0) is 18.1 Å². The van der Waals surface area contributed by atoms with Crippen LogP contribution in [0.25, 0.3) is 0 Å². The van der Waals surface area contributed by atoms with Gasteiger partial charge < -0.3 is 27.9 Å². The molecule has 6 nitrogen and oxygen atoms in total. The molecule has 0 aromatic carbocycles. The molecule has 0 aliphatic rings. The summed E-state index contributed by atoms with van der Waals surface area (Å²) in [5.41, 5.74) is 0. The van der Waals surface area contributed by atoms with E-state index in [2.05, 4.69) is 0 Å². The average molecular weight is 357 g/mol. The molecule has 0 saturated carbocycles. The molecule has 10 heteroatoms. The Morgan fingerprint density at radius 3 is 2.00 bits per heavy atom. The highest BCUT2D eigenvalue weighted by atomic mass is 35.5. The molecule has 0 radical (unpaired) electrons.